The number of nitrogens with one attached hydrogen (secondary N) is 1. The van der Waals surface area contributed by atoms with E-state index in [-0.39, 0.29) is 10.6 Å². The second-order valence-electron chi connectivity index (χ2n) is 4.98. The van der Waals surface area contributed by atoms with E-state index in [4.69, 9.17) is 21.1 Å². The van der Waals surface area contributed by atoms with Gasteiger partial charge < -0.3 is 14.8 Å². The zero-order valence-corrected chi connectivity index (χ0v) is 14.1. The van der Waals surface area contributed by atoms with Gasteiger partial charge in [-0.1, -0.05) is 23.7 Å². The van der Waals surface area contributed by atoms with E-state index in [0.29, 0.717) is 23.6 Å². The SMILES string of the molecule is COc1ccccc1NC(=O)[C@H](C)OC(=O)c1cc(F)c(F)cc1Cl. The molecule has 25 heavy (non-hydrogen) atoms. The van der Waals surface area contributed by atoms with Crippen LogP contribution >= 0.6 is 11.6 Å². The Kier molecular flexibility index (Phi) is 5.93. The fourth-order valence-corrected chi connectivity index (χ4v) is 2.17. The predicted molar refractivity (Wildman–Crippen MR) is 87.9 cm³/mol. The van der Waals surface area contributed by atoms with Crippen molar-refractivity contribution in [2.75, 3.05) is 12.4 Å². The van der Waals surface area contributed by atoms with Crippen LogP contribution < -0.4 is 10.1 Å². The van der Waals surface area contributed by atoms with Crippen LogP contribution in [0.1, 0.15) is 17.3 Å². The van der Waals surface area contributed by atoms with Crippen LogP contribution in [0.2, 0.25) is 5.02 Å². The van der Waals surface area contributed by atoms with Gasteiger partial charge >= 0.3 is 5.97 Å². The number of methoxy groups -OCH3 is 1. The normalized spacial score (nSPS) is 11.6. The monoisotopic (exact) mass is 369 g/mol. The molecule has 0 bridgehead atoms. The molecule has 0 fully saturated rings. The standard InChI is InChI=1S/C17H14ClF2NO4/c1-9(16(22)21-14-5-3-4-6-15(14)24-2)25-17(23)10-7-12(19)13(20)8-11(10)18/h3-9H,1-2H3,(H,21,22)/t9-/m0/s1. The molecule has 2 rings (SSSR count). The summed E-state index contributed by atoms with van der Waals surface area (Å²) in [6.45, 7) is 1.33. The third kappa shape index (κ3) is 4.45. The Morgan fingerprint density at radius 3 is 2.48 bits per heavy atom. The molecule has 0 saturated carbocycles. The second kappa shape index (κ2) is 7.94. The van der Waals surface area contributed by atoms with Gasteiger partial charge in [0.25, 0.3) is 5.91 Å². The summed E-state index contributed by atoms with van der Waals surface area (Å²) in [5.41, 5.74) is 0.0151. The number of amides is 1. The molecule has 0 saturated heterocycles. The Labute approximate surface area is 147 Å². The smallest absolute Gasteiger partial charge is 0.340 e. The molecule has 0 aromatic heterocycles. The zero-order chi connectivity index (χ0) is 18.6. The molecule has 2 aromatic carbocycles. The van der Waals surface area contributed by atoms with Crippen LogP contribution in [0.25, 0.3) is 0 Å². The first-order valence-corrected chi connectivity index (χ1v) is 7.50. The number of para-hydroxylation sites is 2. The molecule has 1 amide bonds. The first kappa shape index (κ1) is 18.7. The summed E-state index contributed by atoms with van der Waals surface area (Å²) in [7, 11) is 1.44. The zero-order valence-electron chi connectivity index (χ0n) is 13.3. The van der Waals surface area contributed by atoms with Gasteiger partial charge in [-0.3, -0.25) is 4.79 Å². The average Bonchev–Trinajstić information content (AvgIpc) is 2.58. The molecule has 8 heteroatoms. The van der Waals surface area contributed by atoms with E-state index in [1.165, 1.54) is 14.0 Å². The summed E-state index contributed by atoms with van der Waals surface area (Å²) in [6.07, 6.45) is -1.21. The van der Waals surface area contributed by atoms with Gasteiger partial charge in [-0.25, -0.2) is 13.6 Å². The lowest BCUT2D eigenvalue weighted by Gasteiger charge is -2.15. The van der Waals surface area contributed by atoms with E-state index >= 15 is 0 Å². The van der Waals surface area contributed by atoms with Crippen molar-refractivity contribution in [3.05, 3.63) is 58.6 Å². The van der Waals surface area contributed by atoms with E-state index < -0.39 is 29.6 Å². The Balaban J connectivity index is 2.08. The second-order valence-corrected chi connectivity index (χ2v) is 5.39. The van der Waals surface area contributed by atoms with Crippen molar-refractivity contribution in [1.82, 2.24) is 0 Å². The number of hydrogen-bond donors (Lipinski definition) is 1. The number of ether oxygens (including phenoxy) is 2. The third-order valence-electron chi connectivity index (χ3n) is 3.25. The molecular formula is C17H14ClF2NO4. The van der Waals surface area contributed by atoms with Gasteiger partial charge in [0.15, 0.2) is 17.7 Å². The van der Waals surface area contributed by atoms with Crippen molar-refractivity contribution in [2.24, 2.45) is 0 Å². The molecule has 0 aliphatic carbocycles. The molecule has 132 valence electrons. The summed E-state index contributed by atoms with van der Waals surface area (Å²) in [5.74, 6) is -3.69. The number of carbonyl (C=O) groups is 2. The first-order chi connectivity index (χ1) is 11.8. The lowest BCUT2D eigenvalue weighted by molar-refractivity contribution is -0.123. The maximum Gasteiger partial charge on any atom is 0.340 e. The number of esters is 1. The fraction of sp³-hybridized carbons (Fsp3) is 0.176. The maximum atomic E-state index is 13.3. The highest BCUT2D eigenvalue weighted by Crippen LogP contribution is 2.24. The minimum Gasteiger partial charge on any atom is -0.495 e. The van der Waals surface area contributed by atoms with Crippen LogP contribution in [0.15, 0.2) is 36.4 Å². The van der Waals surface area contributed by atoms with E-state index in [1.54, 1.807) is 24.3 Å². The highest BCUT2D eigenvalue weighted by molar-refractivity contribution is 6.33. The lowest BCUT2D eigenvalue weighted by Crippen LogP contribution is -2.30. The van der Waals surface area contributed by atoms with Crippen LogP contribution in [0.5, 0.6) is 5.75 Å². The van der Waals surface area contributed by atoms with Gasteiger partial charge in [-0.15, -0.1) is 0 Å². The number of rotatable bonds is 5. The number of carbonyl (C=O) groups excluding carboxylic acids is 2. The van der Waals surface area contributed by atoms with Crippen molar-refractivity contribution in [1.29, 1.82) is 0 Å². The minimum absolute atomic E-state index is 0.318. The topological polar surface area (TPSA) is 64.6 Å². The molecule has 0 heterocycles. The molecule has 0 aliphatic heterocycles. The van der Waals surface area contributed by atoms with Gasteiger partial charge in [0.1, 0.15) is 5.75 Å². The molecule has 1 N–H and O–H groups in total. The number of hydrogen-bond acceptors (Lipinski definition) is 4. The molecule has 0 radical (unpaired) electrons. The van der Waals surface area contributed by atoms with Crippen molar-refractivity contribution in [3.8, 4) is 5.75 Å². The van der Waals surface area contributed by atoms with Gasteiger partial charge in [-0.05, 0) is 31.2 Å². The molecular weight excluding hydrogens is 356 g/mol. The fourth-order valence-electron chi connectivity index (χ4n) is 1.94. The lowest BCUT2D eigenvalue weighted by atomic mass is 10.2. The Hall–Kier alpha value is -2.67. The van der Waals surface area contributed by atoms with E-state index in [2.05, 4.69) is 5.32 Å². The van der Waals surface area contributed by atoms with Crippen LogP contribution in [-0.4, -0.2) is 25.1 Å². The Morgan fingerprint density at radius 2 is 1.80 bits per heavy atom. The summed E-state index contributed by atoms with van der Waals surface area (Å²) in [4.78, 5) is 24.2. The van der Waals surface area contributed by atoms with Gasteiger partial charge in [-0.2, -0.15) is 0 Å². The minimum atomic E-state index is -1.25. The average molecular weight is 370 g/mol. The van der Waals surface area contributed by atoms with Gasteiger partial charge in [0.2, 0.25) is 0 Å². The predicted octanol–water partition coefficient (Wildman–Crippen LogP) is 3.81. The van der Waals surface area contributed by atoms with Crippen molar-refractivity contribution in [2.45, 2.75) is 13.0 Å². The molecule has 0 spiro atoms. The highest BCUT2D eigenvalue weighted by Gasteiger charge is 2.23. The van der Waals surface area contributed by atoms with Gasteiger partial charge in [0, 0.05) is 0 Å². The number of benzene rings is 2. The van der Waals surface area contributed by atoms with Crippen molar-refractivity contribution in [3.63, 3.8) is 0 Å². The quantitative estimate of drug-likeness (QED) is 0.643. The Bertz CT molecular complexity index is 813. The van der Waals surface area contributed by atoms with Crippen LogP contribution in [-0.2, 0) is 9.53 Å². The molecule has 2 aromatic rings. The highest BCUT2D eigenvalue weighted by atomic mass is 35.5. The molecule has 0 unspecified atom stereocenters. The van der Waals surface area contributed by atoms with E-state index in [0.717, 1.165) is 0 Å². The largest absolute Gasteiger partial charge is 0.495 e. The van der Waals surface area contributed by atoms with Crippen LogP contribution in [0.4, 0.5) is 14.5 Å². The van der Waals surface area contributed by atoms with Gasteiger partial charge in [0.05, 0.1) is 23.4 Å². The van der Waals surface area contributed by atoms with Crippen molar-refractivity contribution < 1.29 is 27.8 Å². The van der Waals surface area contributed by atoms with Crippen LogP contribution in [0.3, 0.4) is 0 Å². The van der Waals surface area contributed by atoms with E-state index in [9.17, 15) is 18.4 Å². The summed E-state index contributed by atoms with van der Waals surface area (Å²) in [5, 5.41) is 2.23. The Morgan fingerprint density at radius 1 is 1.16 bits per heavy atom. The molecule has 1 atom stereocenters. The summed E-state index contributed by atoms with van der Waals surface area (Å²) < 4.78 is 36.3. The van der Waals surface area contributed by atoms with Crippen LogP contribution in [0, 0.1) is 11.6 Å². The number of anilines is 1. The maximum absolute atomic E-state index is 13.3. The first-order valence-electron chi connectivity index (χ1n) is 7.13. The molecule has 0 aliphatic rings. The van der Waals surface area contributed by atoms with Crippen molar-refractivity contribution >= 4 is 29.2 Å². The third-order valence-corrected chi connectivity index (χ3v) is 3.56. The summed E-state index contributed by atoms with van der Waals surface area (Å²) in [6, 6.07) is 7.95. The summed E-state index contributed by atoms with van der Waals surface area (Å²) >= 11 is 5.70. The molecule has 5 nitrogen and oxygen atoms in total. The number of halogens is 3. The van der Waals surface area contributed by atoms with E-state index in [1.807, 2.05) is 0 Å².